The van der Waals surface area contributed by atoms with E-state index < -0.39 is 24.1 Å². The van der Waals surface area contributed by atoms with E-state index in [9.17, 15) is 13.6 Å². The molecular weight excluding hydrogens is 404 g/mol. The van der Waals surface area contributed by atoms with Gasteiger partial charge in [-0.1, -0.05) is 11.6 Å². The van der Waals surface area contributed by atoms with Crippen LogP contribution in [0.2, 0.25) is 5.02 Å². The fourth-order valence-electron chi connectivity index (χ4n) is 3.48. The van der Waals surface area contributed by atoms with Crippen molar-refractivity contribution in [2.45, 2.75) is 18.6 Å². The van der Waals surface area contributed by atoms with Crippen LogP contribution < -0.4 is 5.32 Å². The van der Waals surface area contributed by atoms with E-state index in [1.54, 1.807) is 24.5 Å². The minimum Gasteiger partial charge on any atom is -0.465 e. The Balaban J connectivity index is 1.71. The number of aromatic nitrogens is 3. The first-order valence-electron chi connectivity index (χ1n) is 8.86. The number of likely N-dealkylation sites (tertiary alicyclic amines) is 1. The van der Waals surface area contributed by atoms with Crippen molar-refractivity contribution < 1.29 is 18.7 Å². The number of fused-ring (bicyclic) bond motifs is 1. The Bertz CT molecular complexity index is 1080. The molecule has 29 heavy (non-hydrogen) atoms. The van der Waals surface area contributed by atoms with Gasteiger partial charge in [0.25, 0.3) is 0 Å². The van der Waals surface area contributed by atoms with Crippen LogP contribution in [0.1, 0.15) is 6.42 Å². The third kappa shape index (κ3) is 3.91. The van der Waals surface area contributed by atoms with Gasteiger partial charge < -0.3 is 15.3 Å². The fraction of sp³-hybridized carbons (Fsp3) is 0.263. The van der Waals surface area contributed by atoms with E-state index in [0.29, 0.717) is 22.3 Å². The summed E-state index contributed by atoms with van der Waals surface area (Å²) in [7, 11) is 0. The Morgan fingerprint density at radius 2 is 2.07 bits per heavy atom. The smallest absolute Gasteiger partial charge is 0.407 e. The van der Waals surface area contributed by atoms with Crippen LogP contribution in [0.5, 0.6) is 0 Å². The predicted molar refractivity (Wildman–Crippen MR) is 104 cm³/mol. The van der Waals surface area contributed by atoms with Crippen molar-refractivity contribution >= 4 is 34.3 Å². The molecule has 0 unspecified atom stereocenters. The van der Waals surface area contributed by atoms with E-state index in [-0.39, 0.29) is 30.1 Å². The number of nitrogens with zero attached hydrogens (tertiary/aromatic N) is 4. The molecule has 2 atom stereocenters. The zero-order valence-corrected chi connectivity index (χ0v) is 15.8. The summed E-state index contributed by atoms with van der Waals surface area (Å²) >= 11 is 5.83. The molecule has 0 bridgehead atoms. The van der Waals surface area contributed by atoms with Gasteiger partial charge >= 0.3 is 6.09 Å². The maximum absolute atomic E-state index is 14.4. The number of amides is 1. The lowest BCUT2D eigenvalue weighted by Gasteiger charge is -2.33. The standard InChI is InChI=1S/C19H16ClF2N5O2/c20-10-1-2-14(16(22)5-10)17-13-3-4-23-7-15(13)18(26-25-17)24-12-6-11(21)8-27(9-12)19(28)29/h1-5,7,11-12H,6,8-9H2,(H,24,26)(H,28,29)/t11-,12-/m1/s1. The van der Waals surface area contributed by atoms with E-state index >= 15 is 0 Å². The highest BCUT2D eigenvalue weighted by molar-refractivity contribution is 6.30. The Morgan fingerprint density at radius 1 is 1.24 bits per heavy atom. The predicted octanol–water partition coefficient (Wildman–Crippen LogP) is 3.99. The van der Waals surface area contributed by atoms with Crippen LogP contribution in [0.15, 0.2) is 36.7 Å². The van der Waals surface area contributed by atoms with Crippen LogP contribution in [0.25, 0.3) is 22.0 Å². The zero-order valence-electron chi connectivity index (χ0n) is 15.0. The number of rotatable bonds is 3. The highest BCUT2D eigenvalue weighted by Crippen LogP contribution is 2.32. The molecule has 1 aliphatic heterocycles. The van der Waals surface area contributed by atoms with Gasteiger partial charge in [0.1, 0.15) is 17.7 Å². The number of carboxylic acid groups (broad SMARTS) is 1. The van der Waals surface area contributed by atoms with Gasteiger partial charge in [-0.3, -0.25) is 4.98 Å². The molecule has 0 spiro atoms. The van der Waals surface area contributed by atoms with E-state index in [1.807, 2.05) is 0 Å². The fourth-order valence-corrected chi connectivity index (χ4v) is 3.63. The molecule has 1 saturated heterocycles. The SMILES string of the molecule is O=C(O)N1C[C@H](F)C[C@@H](Nc2nnc(-c3ccc(Cl)cc3F)c3ccncc23)C1. The molecule has 1 fully saturated rings. The summed E-state index contributed by atoms with van der Waals surface area (Å²) in [6, 6.07) is 5.48. The number of hydrogen-bond donors (Lipinski definition) is 2. The molecule has 1 aliphatic rings. The summed E-state index contributed by atoms with van der Waals surface area (Å²) in [5, 5.41) is 22.0. The number of carbonyl (C=O) groups is 1. The van der Waals surface area contributed by atoms with Crippen LogP contribution in [0, 0.1) is 5.82 Å². The Hall–Kier alpha value is -3.07. The van der Waals surface area contributed by atoms with Gasteiger partial charge in [-0.15, -0.1) is 10.2 Å². The summed E-state index contributed by atoms with van der Waals surface area (Å²) in [5.74, 6) is -0.203. The van der Waals surface area contributed by atoms with Crippen LogP contribution in [0.3, 0.4) is 0 Å². The minimum absolute atomic E-state index is 0.118. The van der Waals surface area contributed by atoms with Crippen molar-refractivity contribution in [2.75, 3.05) is 18.4 Å². The van der Waals surface area contributed by atoms with Crippen molar-refractivity contribution in [1.82, 2.24) is 20.1 Å². The quantitative estimate of drug-likeness (QED) is 0.667. The van der Waals surface area contributed by atoms with Crippen LogP contribution in [-0.4, -0.2) is 56.6 Å². The van der Waals surface area contributed by atoms with E-state index in [1.165, 1.54) is 12.1 Å². The molecular formula is C19H16ClF2N5O2. The molecule has 0 aliphatic carbocycles. The summed E-state index contributed by atoms with van der Waals surface area (Å²) < 4.78 is 28.4. The second-order valence-electron chi connectivity index (χ2n) is 6.80. The molecule has 3 aromatic rings. The lowest BCUT2D eigenvalue weighted by atomic mass is 10.0. The number of pyridine rings is 1. The van der Waals surface area contributed by atoms with Gasteiger partial charge in [-0.25, -0.2) is 13.6 Å². The Labute approximate surface area is 169 Å². The maximum Gasteiger partial charge on any atom is 0.407 e. The molecule has 2 N–H and O–H groups in total. The first-order valence-corrected chi connectivity index (χ1v) is 9.24. The normalized spacial score (nSPS) is 19.3. The third-order valence-corrected chi connectivity index (χ3v) is 5.01. The van der Waals surface area contributed by atoms with Crippen molar-refractivity contribution in [1.29, 1.82) is 0 Å². The molecule has 0 radical (unpaired) electrons. The van der Waals surface area contributed by atoms with E-state index in [2.05, 4.69) is 20.5 Å². The van der Waals surface area contributed by atoms with Crippen LogP contribution in [0.4, 0.5) is 19.4 Å². The number of halogens is 3. The highest BCUT2D eigenvalue weighted by atomic mass is 35.5. The van der Waals surface area contributed by atoms with Crippen LogP contribution in [-0.2, 0) is 0 Å². The van der Waals surface area contributed by atoms with Gasteiger partial charge in [0.15, 0.2) is 5.82 Å². The Morgan fingerprint density at radius 3 is 2.83 bits per heavy atom. The topological polar surface area (TPSA) is 91.2 Å². The first-order chi connectivity index (χ1) is 13.9. The molecule has 0 saturated carbocycles. The molecule has 4 rings (SSSR count). The van der Waals surface area contributed by atoms with Crippen molar-refractivity contribution in [2.24, 2.45) is 0 Å². The number of nitrogens with one attached hydrogen (secondary N) is 1. The average Bonchev–Trinajstić information content (AvgIpc) is 2.68. The summed E-state index contributed by atoms with van der Waals surface area (Å²) in [6.07, 6.45) is 0.785. The van der Waals surface area contributed by atoms with Crippen LogP contribution >= 0.6 is 11.6 Å². The number of benzene rings is 1. The first kappa shape index (κ1) is 19.3. The van der Waals surface area contributed by atoms with Crippen molar-refractivity contribution in [3.63, 3.8) is 0 Å². The summed E-state index contributed by atoms with van der Waals surface area (Å²) in [5.41, 5.74) is 0.560. The summed E-state index contributed by atoms with van der Waals surface area (Å²) in [6.45, 7) is -0.0387. The van der Waals surface area contributed by atoms with Gasteiger partial charge in [-0.05, 0) is 24.3 Å². The van der Waals surface area contributed by atoms with E-state index in [0.717, 1.165) is 4.90 Å². The number of anilines is 1. The lowest BCUT2D eigenvalue weighted by molar-refractivity contribution is 0.102. The molecule has 150 valence electrons. The van der Waals surface area contributed by atoms with E-state index in [4.69, 9.17) is 16.7 Å². The van der Waals surface area contributed by atoms with Gasteiger partial charge in [-0.2, -0.15) is 0 Å². The second-order valence-corrected chi connectivity index (χ2v) is 7.24. The van der Waals surface area contributed by atoms with Gasteiger partial charge in [0.05, 0.1) is 6.54 Å². The van der Waals surface area contributed by atoms with Gasteiger partial charge in [0.2, 0.25) is 0 Å². The second kappa shape index (κ2) is 7.75. The molecule has 3 heterocycles. The molecule has 1 amide bonds. The lowest BCUT2D eigenvalue weighted by Crippen LogP contribution is -2.49. The molecule has 7 nitrogen and oxygen atoms in total. The number of alkyl halides is 1. The third-order valence-electron chi connectivity index (χ3n) is 4.78. The number of piperidine rings is 1. The highest BCUT2D eigenvalue weighted by Gasteiger charge is 2.30. The van der Waals surface area contributed by atoms with Crippen molar-refractivity contribution in [3.8, 4) is 11.3 Å². The maximum atomic E-state index is 14.4. The summed E-state index contributed by atoms with van der Waals surface area (Å²) in [4.78, 5) is 16.3. The monoisotopic (exact) mass is 419 g/mol. The van der Waals surface area contributed by atoms with Gasteiger partial charge in [0, 0.05) is 52.8 Å². The molecule has 10 heteroatoms. The average molecular weight is 420 g/mol. The molecule has 2 aromatic heterocycles. The largest absolute Gasteiger partial charge is 0.465 e. The Kier molecular flexibility index (Phi) is 5.14. The zero-order chi connectivity index (χ0) is 20.5. The minimum atomic E-state index is -1.28. The molecule has 1 aromatic carbocycles. The number of hydrogen-bond acceptors (Lipinski definition) is 5. The van der Waals surface area contributed by atoms with Crippen molar-refractivity contribution in [3.05, 3.63) is 47.5 Å².